The molecule has 0 aliphatic carbocycles. The van der Waals surface area contributed by atoms with Gasteiger partial charge in [-0.2, -0.15) is 5.10 Å². The fourth-order valence-corrected chi connectivity index (χ4v) is 2.06. The molecule has 0 atom stereocenters. The van der Waals surface area contributed by atoms with Crippen LogP contribution in [0.3, 0.4) is 0 Å². The minimum Gasteiger partial charge on any atom is -0.345 e. The molecule has 0 saturated carbocycles. The van der Waals surface area contributed by atoms with Gasteiger partial charge in [-0.25, -0.2) is 8.78 Å². The highest BCUT2D eigenvalue weighted by atomic mass is 79.9. The lowest BCUT2D eigenvalue weighted by atomic mass is 10.1. The third kappa shape index (κ3) is 3.49. The van der Waals surface area contributed by atoms with E-state index in [1.807, 2.05) is 13.8 Å². The number of nitrogens with zero attached hydrogens (tertiary/aromatic N) is 1. The molecule has 0 aliphatic heterocycles. The van der Waals surface area contributed by atoms with Crippen molar-refractivity contribution in [3.63, 3.8) is 0 Å². The molecule has 0 aliphatic rings. The number of nitrogens with one attached hydrogen (secondary N) is 2. The first-order valence-electron chi connectivity index (χ1n) is 5.38. The number of halogens is 3. The first-order valence-corrected chi connectivity index (χ1v) is 6.17. The van der Waals surface area contributed by atoms with Crippen molar-refractivity contribution in [1.29, 1.82) is 0 Å². The SMILES string of the molecule is CC(C)c1[nH]nc(C(=O)NCC(F)(F)CN)c1Br. The van der Waals surface area contributed by atoms with Crippen LogP contribution in [0.2, 0.25) is 0 Å². The molecule has 0 spiro atoms. The van der Waals surface area contributed by atoms with Crippen LogP contribution < -0.4 is 11.1 Å². The van der Waals surface area contributed by atoms with Crippen molar-refractivity contribution in [3.8, 4) is 0 Å². The number of rotatable bonds is 5. The van der Waals surface area contributed by atoms with Gasteiger partial charge in [-0.05, 0) is 21.8 Å². The summed E-state index contributed by atoms with van der Waals surface area (Å²) in [5.74, 6) is -3.64. The zero-order chi connectivity index (χ0) is 13.9. The minimum absolute atomic E-state index is 0.0616. The summed E-state index contributed by atoms with van der Waals surface area (Å²) < 4.78 is 26.3. The number of hydrogen-bond acceptors (Lipinski definition) is 3. The van der Waals surface area contributed by atoms with E-state index in [4.69, 9.17) is 5.73 Å². The molecule has 1 heterocycles. The van der Waals surface area contributed by atoms with Gasteiger partial charge in [0.1, 0.15) is 0 Å². The van der Waals surface area contributed by atoms with Gasteiger partial charge in [0, 0.05) is 0 Å². The monoisotopic (exact) mass is 324 g/mol. The van der Waals surface area contributed by atoms with Crippen molar-refractivity contribution in [2.24, 2.45) is 5.73 Å². The van der Waals surface area contributed by atoms with Crippen LogP contribution in [0.25, 0.3) is 0 Å². The van der Waals surface area contributed by atoms with E-state index in [0.29, 0.717) is 4.47 Å². The van der Waals surface area contributed by atoms with Crippen LogP contribution in [0, 0.1) is 0 Å². The van der Waals surface area contributed by atoms with Gasteiger partial charge in [-0.1, -0.05) is 13.8 Å². The van der Waals surface area contributed by atoms with Crippen LogP contribution >= 0.6 is 15.9 Å². The molecule has 1 aromatic heterocycles. The van der Waals surface area contributed by atoms with Crippen LogP contribution in [0.5, 0.6) is 0 Å². The van der Waals surface area contributed by atoms with Crippen molar-refractivity contribution in [3.05, 3.63) is 15.9 Å². The lowest BCUT2D eigenvalue weighted by Crippen LogP contribution is -2.41. The van der Waals surface area contributed by atoms with E-state index in [2.05, 4.69) is 31.4 Å². The Morgan fingerprint density at radius 2 is 2.22 bits per heavy atom. The Labute approximate surface area is 112 Å². The zero-order valence-corrected chi connectivity index (χ0v) is 11.6. The number of amides is 1. The average molecular weight is 325 g/mol. The van der Waals surface area contributed by atoms with E-state index >= 15 is 0 Å². The smallest absolute Gasteiger partial charge is 0.277 e. The Kier molecular flexibility index (Phi) is 4.80. The maximum absolute atomic E-state index is 12.9. The molecule has 0 aromatic carbocycles. The maximum atomic E-state index is 12.9. The molecular formula is C10H15BrF2N4O. The van der Waals surface area contributed by atoms with Crippen LogP contribution in [-0.4, -0.2) is 35.1 Å². The summed E-state index contributed by atoms with van der Waals surface area (Å²) in [6.07, 6.45) is 0. The number of carbonyl (C=O) groups excluding carboxylic acids is 1. The highest BCUT2D eigenvalue weighted by Gasteiger charge is 2.28. The largest absolute Gasteiger partial charge is 0.345 e. The number of alkyl halides is 2. The second-order valence-electron chi connectivity index (χ2n) is 4.20. The lowest BCUT2D eigenvalue weighted by Gasteiger charge is -2.13. The summed E-state index contributed by atoms with van der Waals surface area (Å²) in [5.41, 5.74) is 5.68. The molecule has 5 nitrogen and oxygen atoms in total. The van der Waals surface area contributed by atoms with Crippen molar-refractivity contribution in [2.75, 3.05) is 13.1 Å². The summed E-state index contributed by atoms with van der Waals surface area (Å²) in [6, 6.07) is 0. The van der Waals surface area contributed by atoms with E-state index in [1.54, 1.807) is 0 Å². The normalized spacial score (nSPS) is 11.9. The standard InChI is InChI=1S/C10H15BrF2N4O/c1-5(2)7-6(11)8(17-16-7)9(18)15-4-10(12,13)3-14/h5H,3-4,14H2,1-2H3,(H,15,18)(H,16,17). The number of carbonyl (C=O) groups is 1. The van der Waals surface area contributed by atoms with Crippen molar-refractivity contribution < 1.29 is 13.6 Å². The topological polar surface area (TPSA) is 83.8 Å². The van der Waals surface area contributed by atoms with Crippen molar-refractivity contribution in [2.45, 2.75) is 25.7 Å². The first-order chi connectivity index (χ1) is 8.28. The molecule has 0 fully saturated rings. The zero-order valence-electron chi connectivity index (χ0n) is 10.1. The van der Waals surface area contributed by atoms with Gasteiger partial charge in [0.05, 0.1) is 23.3 Å². The predicted octanol–water partition coefficient (Wildman–Crippen LogP) is 1.62. The van der Waals surface area contributed by atoms with Crippen LogP contribution in [0.4, 0.5) is 8.78 Å². The molecule has 1 aromatic rings. The Morgan fingerprint density at radius 1 is 1.61 bits per heavy atom. The predicted molar refractivity (Wildman–Crippen MR) is 66.7 cm³/mol. The Hall–Kier alpha value is -1.02. The third-order valence-corrected chi connectivity index (χ3v) is 3.13. The number of hydrogen-bond donors (Lipinski definition) is 3. The maximum Gasteiger partial charge on any atom is 0.277 e. The molecule has 0 saturated heterocycles. The summed E-state index contributed by atoms with van der Waals surface area (Å²) in [6.45, 7) is 2.22. The Bertz CT molecular complexity index is 434. The number of aromatic nitrogens is 2. The average Bonchev–Trinajstić information content (AvgIpc) is 2.68. The fourth-order valence-electron chi connectivity index (χ4n) is 1.24. The number of nitrogens with two attached hydrogens (primary N) is 1. The van der Waals surface area contributed by atoms with Crippen molar-refractivity contribution >= 4 is 21.8 Å². The van der Waals surface area contributed by atoms with E-state index in [9.17, 15) is 13.6 Å². The van der Waals surface area contributed by atoms with Crippen LogP contribution in [-0.2, 0) is 0 Å². The van der Waals surface area contributed by atoms with E-state index in [0.717, 1.165) is 5.69 Å². The molecule has 0 radical (unpaired) electrons. The van der Waals surface area contributed by atoms with Gasteiger partial charge in [0.15, 0.2) is 5.69 Å². The van der Waals surface area contributed by atoms with Gasteiger partial charge in [-0.3, -0.25) is 9.89 Å². The second kappa shape index (κ2) is 5.75. The van der Waals surface area contributed by atoms with E-state index < -0.39 is 24.9 Å². The highest BCUT2D eigenvalue weighted by molar-refractivity contribution is 9.10. The lowest BCUT2D eigenvalue weighted by molar-refractivity contribution is 0.0118. The number of aromatic amines is 1. The van der Waals surface area contributed by atoms with E-state index in [1.165, 1.54) is 0 Å². The van der Waals surface area contributed by atoms with Gasteiger partial charge >= 0.3 is 0 Å². The third-order valence-electron chi connectivity index (χ3n) is 2.33. The Morgan fingerprint density at radius 3 is 2.67 bits per heavy atom. The Balaban J connectivity index is 2.74. The van der Waals surface area contributed by atoms with Gasteiger partial charge < -0.3 is 11.1 Å². The summed E-state index contributed by atoms with van der Waals surface area (Å²) in [5, 5.41) is 8.60. The van der Waals surface area contributed by atoms with Gasteiger partial charge in [0.25, 0.3) is 11.8 Å². The first kappa shape index (κ1) is 15.0. The quantitative estimate of drug-likeness (QED) is 0.769. The second-order valence-corrected chi connectivity index (χ2v) is 4.99. The summed E-state index contributed by atoms with van der Waals surface area (Å²) in [4.78, 5) is 11.7. The molecule has 18 heavy (non-hydrogen) atoms. The molecular weight excluding hydrogens is 310 g/mol. The molecule has 8 heteroatoms. The number of H-pyrrole nitrogens is 1. The highest BCUT2D eigenvalue weighted by Crippen LogP contribution is 2.25. The molecule has 4 N–H and O–H groups in total. The van der Waals surface area contributed by atoms with E-state index in [-0.39, 0.29) is 11.6 Å². The fraction of sp³-hybridized carbons (Fsp3) is 0.600. The molecule has 1 rings (SSSR count). The minimum atomic E-state index is -3.11. The van der Waals surface area contributed by atoms with Crippen molar-refractivity contribution in [1.82, 2.24) is 15.5 Å². The molecule has 102 valence electrons. The van der Waals surface area contributed by atoms with Gasteiger partial charge in [0.2, 0.25) is 0 Å². The summed E-state index contributed by atoms with van der Waals surface area (Å²) in [7, 11) is 0. The molecule has 1 amide bonds. The molecule has 0 bridgehead atoms. The van der Waals surface area contributed by atoms with Crippen LogP contribution in [0.15, 0.2) is 4.47 Å². The van der Waals surface area contributed by atoms with Gasteiger partial charge in [-0.15, -0.1) is 0 Å². The summed E-state index contributed by atoms with van der Waals surface area (Å²) >= 11 is 3.22. The van der Waals surface area contributed by atoms with Crippen LogP contribution in [0.1, 0.15) is 35.9 Å². The molecule has 0 unspecified atom stereocenters.